The predicted molar refractivity (Wildman–Crippen MR) is 131 cm³/mol. The zero-order valence-corrected chi connectivity index (χ0v) is 20.0. The number of aliphatic hydroxyl groups is 2. The molecule has 5 nitrogen and oxygen atoms in total. The van der Waals surface area contributed by atoms with Crippen LogP contribution >= 0.6 is 11.3 Å². The fourth-order valence-corrected chi connectivity index (χ4v) is 5.63. The van der Waals surface area contributed by atoms with Crippen LogP contribution in [0.2, 0.25) is 0 Å². The zero-order chi connectivity index (χ0) is 23.2. The maximum Gasteiger partial charge on any atom is 0.253 e. The van der Waals surface area contributed by atoms with Gasteiger partial charge >= 0.3 is 0 Å². The first kappa shape index (κ1) is 22.3. The third-order valence-electron chi connectivity index (χ3n) is 7.26. The van der Waals surface area contributed by atoms with Crippen molar-refractivity contribution in [2.24, 2.45) is 0 Å². The van der Waals surface area contributed by atoms with Crippen molar-refractivity contribution >= 4 is 17.2 Å². The Morgan fingerprint density at radius 1 is 1.09 bits per heavy atom. The van der Waals surface area contributed by atoms with Crippen molar-refractivity contribution < 1.29 is 15.0 Å². The molecule has 2 aliphatic rings. The highest BCUT2D eigenvalue weighted by atomic mass is 32.1. The lowest BCUT2D eigenvalue weighted by Gasteiger charge is -2.35. The molecule has 1 aromatic carbocycles. The maximum atomic E-state index is 13.0. The van der Waals surface area contributed by atoms with Gasteiger partial charge in [0.15, 0.2) is 0 Å². The Morgan fingerprint density at radius 2 is 1.85 bits per heavy atom. The highest BCUT2D eigenvalue weighted by Gasteiger charge is 2.45. The predicted octanol–water partition coefficient (Wildman–Crippen LogP) is 4.80. The summed E-state index contributed by atoms with van der Waals surface area (Å²) in [5, 5.41) is 22.1. The van der Waals surface area contributed by atoms with Crippen LogP contribution in [0.3, 0.4) is 0 Å². The van der Waals surface area contributed by atoms with E-state index in [0.29, 0.717) is 31.5 Å². The molecule has 1 saturated carbocycles. The Balaban J connectivity index is 1.35. The molecule has 1 amide bonds. The van der Waals surface area contributed by atoms with Crippen LogP contribution in [0.1, 0.15) is 54.2 Å². The fourth-order valence-electron chi connectivity index (χ4n) is 4.62. The van der Waals surface area contributed by atoms with Gasteiger partial charge in [0.2, 0.25) is 0 Å². The van der Waals surface area contributed by atoms with Gasteiger partial charge in [-0.15, -0.1) is 11.3 Å². The van der Waals surface area contributed by atoms with Crippen LogP contribution < -0.4 is 0 Å². The minimum absolute atomic E-state index is 0.0363. The summed E-state index contributed by atoms with van der Waals surface area (Å²) in [5.74, 6) is 0.0363. The Bertz CT molecular complexity index is 1190. The largest absolute Gasteiger partial charge is 0.395 e. The molecule has 2 N–H and O–H groups in total. The quantitative estimate of drug-likeness (QED) is 0.571. The molecule has 0 radical (unpaired) electrons. The molecule has 0 spiro atoms. The third-order valence-corrected chi connectivity index (χ3v) is 8.22. The number of carbonyl (C=O) groups is 1. The number of aromatic nitrogens is 1. The van der Waals surface area contributed by atoms with Crippen LogP contribution in [0.15, 0.2) is 48.0 Å². The van der Waals surface area contributed by atoms with Crippen LogP contribution in [0.4, 0.5) is 0 Å². The summed E-state index contributed by atoms with van der Waals surface area (Å²) in [5.41, 5.74) is 5.34. The van der Waals surface area contributed by atoms with E-state index in [2.05, 4.69) is 29.4 Å². The molecule has 5 rings (SSSR count). The van der Waals surface area contributed by atoms with Crippen molar-refractivity contribution in [1.82, 2.24) is 9.88 Å². The molecule has 1 aliphatic heterocycles. The van der Waals surface area contributed by atoms with Crippen molar-refractivity contribution in [3.63, 3.8) is 0 Å². The summed E-state index contributed by atoms with van der Waals surface area (Å²) >= 11 is 1.70. The third kappa shape index (κ3) is 4.35. The molecule has 1 aliphatic carbocycles. The summed E-state index contributed by atoms with van der Waals surface area (Å²) in [6, 6.07) is 12.3. The minimum atomic E-state index is -0.666. The van der Waals surface area contributed by atoms with E-state index in [-0.39, 0.29) is 17.9 Å². The number of hydrogen-bond acceptors (Lipinski definition) is 5. The SMILES string of the molecule is Cc1cc(C(=O)N2CCC(C)(O)CC2)ccc1-c1cc(-c2ccnc(C3(CO)CC3)c2)cs1. The van der Waals surface area contributed by atoms with Crippen LogP contribution in [0.25, 0.3) is 21.6 Å². The number of benzene rings is 1. The van der Waals surface area contributed by atoms with Gasteiger partial charge in [-0.05, 0) is 97.5 Å². The number of carbonyl (C=O) groups excluding carboxylic acids is 1. The van der Waals surface area contributed by atoms with E-state index in [9.17, 15) is 15.0 Å². The van der Waals surface area contributed by atoms with Gasteiger partial charge in [0.25, 0.3) is 5.91 Å². The number of nitrogens with zero attached hydrogens (tertiary/aromatic N) is 2. The average molecular weight is 463 g/mol. The van der Waals surface area contributed by atoms with Crippen molar-refractivity contribution in [2.75, 3.05) is 19.7 Å². The van der Waals surface area contributed by atoms with E-state index >= 15 is 0 Å². The number of pyridine rings is 1. The molecule has 2 fully saturated rings. The van der Waals surface area contributed by atoms with Crippen LogP contribution in [0, 0.1) is 6.92 Å². The molecule has 172 valence electrons. The van der Waals surface area contributed by atoms with E-state index < -0.39 is 5.60 Å². The second kappa shape index (κ2) is 8.35. The summed E-state index contributed by atoms with van der Waals surface area (Å²) in [6.45, 7) is 5.22. The molecule has 2 aromatic heterocycles. The Morgan fingerprint density at radius 3 is 2.52 bits per heavy atom. The highest BCUT2D eigenvalue weighted by Crippen LogP contribution is 2.47. The van der Waals surface area contributed by atoms with E-state index in [4.69, 9.17) is 0 Å². The van der Waals surface area contributed by atoms with E-state index in [0.717, 1.165) is 45.7 Å². The summed E-state index contributed by atoms with van der Waals surface area (Å²) < 4.78 is 0. The highest BCUT2D eigenvalue weighted by molar-refractivity contribution is 7.14. The zero-order valence-electron chi connectivity index (χ0n) is 19.2. The first-order valence-electron chi connectivity index (χ1n) is 11.6. The van der Waals surface area contributed by atoms with E-state index in [1.807, 2.05) is 42.3 Å². The van der Waals surface area contributed by atoms with Gasteiger partial charge in [0.1, 0.15) is 0 Å². The van der Waals surface area contributed by atoms with Gasteiger partial charge in [-0.3, -0.25) is 9.78 Å². The first-order chi connectivity index (χ1) is 15.8. The summed E-state index contributed by atoms with van der Waals surface area (Å²) in [7, 11) is 0. The normalized spacial score (nSPS) is 18.8. The van der Waals surface area contributed by atoms with Crippen molar-refractivity contribution in [1.29, 1.82) is 0 Å². The van der Waals surface area contributed by atoms with Gasteiger partial charge in [-0.25, -0.2) is 0 Å². The van der Waals surface area contributed by atoms with E-state index in [1.54, 1.807) is 11.3 Å². The Hall–Kier alpha value is -2.54. The maximum absolute atomic E-state index is 13.0. The van der Waals surface area contributed by atoms with Crippen molar-refractivity contribution in [3.05, 3.63) is 64.8 Å². The molecule has 6 heteroatoms. The van der Waals surface area contributed by atoms with Crippen molar-refractivity contribution in [2.45, 2.75) is 50.5 Å². The molecule has 3 heterocycles. The van der Waals surface area contributed by atoms with Gasteiger partial charge in [-0.2, -0.15) is 0 Å². The number of aryl methyl sites for hydroxylation is 1. The van der Waals surface area contributed by atoms with Gasteiger partial charge in [-0.1, -0.05) is 6.07 Å². The fraction of sp³-hybridized carbons (Fsp3) is 0.407. The summed E-state index contributed by atoms with van der Waals surface area (Å²) in [4.78, 5) is 20.5. The standard InChI is InChI=1S/C27H30N2O3S/c1-18-13-20(25(31)29-11-8-26(2,32)9-12-29)3-4-22(18)23-14-21(16-33-23)19-5-10-28-24(15-19)27(17-30)6-7-27/h3-5,10,13-16,30,32H,6-9,11-12,17H2,1-2H3. The number of amides is 1. The minimum Gasteiger partial charge on any atom is -0.395 e. The first-order valence-corrected chi connectivity index (χ1v) is 12.5. The van der Waals surface area contributed by atoms with Gasteiger partial charge < -0.3 is 15.1 Å². The van der Waals surface area contributed by atoms with Crippen LogP contribution in [0.5, 0.6) is 0 Å². The molecule has 0 atom stereocenters. The molecule has 1 saturated heterocycles. The molecule has 3 aromatic rings. The summed E-state index contributed by atoms with van der Waals surface area (Å²) in [6.07, 6.45) is 5.06. The molecular formula is C27H30N2O3S. The lowest BCUT2D eigenvalue weighted by atomic mass is 9.93. The topological polar surface area (TPSA) is 73.7 Å². The van der Waals surface area contributed by atoms with Gasteiger partial charge in [0, 0.05) is 40.8 Å². The molecule has 0 unspecified atom stereocenters. The van der Waals surface area contributed by atoms with Crippen molar-refractivity contribution in [3.8, 4) is 21.6 Å². The number of hydrogen-bond donors (Lipinski definition) is 2. The Labute approximate surface area is 198 Å². The van der Waals surface area contributed by atoms with E-state index in [1.165, 1.54) is 0 Å². The second-order valence-electron chi connectivity index (χ2n) is 9.89. The monoisotopic (exact) mass is 462 g/mol. The van der Waals surface area contributed by atoms with Gasteiger partial charge in [0.05, 0.1) is 12.2 Å². The Kier molecular flexibility index (Phi) is 5.63. The molecule has 33 heavy (non-hydrogen) atoms. The molecule has 0 bridgehead atoms. The second-order valence-corrected chi connectivity index (χ2v) is 10.8. The number of piperidine rings is 1. The average Bonchev–Trinajstić information content (AvgIpc) is 3.47. The number of likely N-dealkylation sites (tertiary alicyclic amines) is 1. The van der Waals surface area contributed by atoms with Crippen LogP contribution in [-0.2, 0) is 5.41 Å². The number of thiophene rings is 1. The smallest absolute Gasteiger partial charge is 0.253 e. The number of rotatable bonds is 5. The molecular weight excluding hydrogens is 432 g/mol. The number of aliphatic hydroxyl groups excluding tert-OH is 1. The lowest BCUT2D eigenvalue weighted by molar-refractivity contribution is -0.00202. The van der Waals surface area contributed by atoms with Crippen LogP contribution in [-0.4, -0.2) is 51.3 Å². The lowest BCUT2D eigenvalue weighted by Crippen LogP contribution is -2.45.